The first-order valence-electron chi connectivity index (χ1n) is 8.33. The minimum absolute atomic E-state index is 0.0472. The third kappa shape index (κ3) is 4.22. The first kappa shape index (κ1) is 18.4. The van der Waals surface area contributed by atoms with Crippen LogP contribution in [0.5, 0.6) is 5.75 Å². The van der Waals surface area contributed by atoms with Crippen LogP contribution >= 0.6 is 0 Å². The SMILES string of the molecule is Cc1c[nH]c(CNC(=O)c2cc(COc3ccccc3F)[nH]n2)c(C)c1=O. The normalized spacial score (nSPS) is 10.6. The fourth-order valence-electron chi connectivity index (χ4n) is 2.51. The summed E-state index contributed by atoms with van der Waals surface area (Å²) >= 11 is 0. The molecule has 0 aliphatic heterocycles. The maximum Gasteiger partial charge on any atom is 0.272 e. The molecular weight excluding hydrogens is 351 g/mol. The second-order valence-electron chi connectivity index (χ2n) is 6.08. The van der Waals surface area contributed by atoms with Crippen LogP contribution in [0.25, 0.3) is 0 Å². The van der Waals surface area contributed by atoms with E-state index in [0.717, 1.165) is 0 Å². The Bertz CT molecular complexity index is 1030. The number of aryl methyl sites for hydroxylation is 1. The lowest BCUT2D eigenvalue weighted by molar-refractivity contribution is 0.0945. The quantitative estimate of drug-likeness (QED) is 0.620. The molecule has 8 heteroatoms. The summed E-state index contributed by atoms with van der Waals surface area (Å²) in [5, 5.41) is 9.33. The Kier molecular flexibility index (Phi) is 5.35. The molecule has 3 aromatic rings. The molecule has 2 heterocycles. The zero-order valence-electron chi connectivity index (χ0n) is 14.9. The highest BCUT2D eigenvalue weighted by Crippen LogP contribution is 2.16. The zero-order chi connectivity index (χ0) is 19.4. The molecule has 27 heavy (non-hydrogen) atoms. The minimum Gasteiger partial charge on any atom is -0.484 e. The molecule has 140 valence electrons. The van der Waals surface area contributed by atoms with Crippen LogP contribution in [0.4, 0.5) is 4.39 Å². The Balaban J connectivity index is 1.59. The van der Waals surface area contributed by atoms with Gasteiger partial charge in [0.15, 0.2) is 17.0 Å². The number of hydrogen-bond donors (Lipinski definition) is 3. The highest BCUT2D eigenvalue weighted by molar-refractivity contribution is 5.92. The third-order valence-electron chi connectivity index (χ3n) is 4.12. The number of ether oxygens (including phenoxy) is 1. The molecule has 1 amide bonds. The number of carbonyl (C=O) groups is 1. The van der Waals surface area contributed by atoms with E-state index in [-0.39, 0.29) is 30.0 Å². The largest absolute Gasteiger partial charge is 0.484 e. The van der Waals surface area contributed by atoms with Gasteiger partial charge in [0.25, 0.3) is 5.91 Å². The summed E-state index contributed by atoms with van der Waals surface area (Å²) in [6.07, 6.45) is 1.61. The number of pyridine rings is 1. The van der Waals surface area contributed by atoms with Gasteiger partial charge in [-0.05, 0) is 32.0 Å². The molecule has 1 aromatic carbocycles. The van der Waals surface area contributed by atoms with Gasteiger partial charge in [0.2, 0.25) is 0 Å². The van der Waals surface area contributed by atoms with Crippen LogP contribution in [-0.4, -0.2) is 21.1 Å². The Labute approximate surface area is 154 Å². The predicted octanol–water partition coefficient (Wildman–Crippen LogP) is 2.36. The molecule has 0 radical (unpaired) electrons. The van der Waals surface area contributed by atoms with E-state index in [9.17, 15) is 14.0 Å². The number of halogens is 1. The van der Waals surface area contributed by atoms with Crippen LogP contribution in [-0.2, 0) is 13.2 Å². The molecule has 0 unspecified atom stereocenters. The van der Waals surface area contributed by atoms with Crippen LogP contribution in [0.1, 0.15) is 33.0 Å². The summed E-state index contributed by atoms with van der Waals surface area (Å²) in [5.41, 5.74) is 2.48. The standard InChI is InChI=1S/C19H19FN4O3/c1-11-8-21-16(12(2)18(11)25)9-22-19(26)15-7-13(23-24-15)10-27-17-6-4-3-5-14(17)20/h3-8H,9-10H2,1-2H3,(H,21,25)(H,22,26)(H,23,24). The molecule has 7 nitrogen and oxygen atoms in total. The second-order valence-corrected chi connectivity index (χ2v) is 6.08. The van der Waals surface area contributed by atoms with Crippen molar-refractivity contribution in [2.75, 3.05) is 0 Å². The van der Waals surface area contributed by atoms with Crippen LogP contribution < -0.4 is 15.5 Å². The van der Waals surface area contributed by atoms with E-state index in [1.807, 2.05) is 0 Å². The van der Waals surface area contributed by atoms with E-state index in [4.69, 9.17) is 4.74 Å². The van der Waals surface area contributed by atoms with Crippen molar-refractivity contribution in [3.8, 4) is 5.75 Å². The van der Waals surface area contributed by atoms with E-state index in [1.54, 1.807) is 32.2 Å². The van der Waals surface area contributed by atoms with Crippen molar-refractivity contribution in [3.05, 3.63) is 80.8 Å². The smallest absolute Gasteiger partial charge is 0.272 e. The topological polar surface area (TPSA) is 99.9 Å². The van der Waals surface area contributed by atoms with E-state index < -0.39 is 11.7 Å². The Morgan fingerprint density at radius 3 is 2.85 bits per heavy atom. The maximum absolute atomic E-state index is 13.5. The van der Waals surface area contributed by atoms with E-state index in [0.29, 0.717) is 22.5 Å². The van der Waals surface area contributed by atoms with Gasteiger partial charge in [-0.2, -0.15) is 5.10 Å². The summed E-state index contributed by atoms with van der Waals surface area (Å²) in [7, 11) is 0. The van der Waals surface area contributed by atoms with Gasteiger partial charge in [-0.25, -0.2) is 4.39 Å². The monoisotopic (exact) mass is 370 g/mol. The lowest BCUT2D eigenvalue weighted by atomic mass is 10.1. The third-order valence-corrected chi connectivity index (χ3v) is 4.12. The Hall–Kier alpha value is -3.42. The highest BCUT2D eigenvalue weighted by Gasteiger charge is 2.13. The minimum atomic E-state index is -0.461. The molecular formula is C19H19FN4O3. The number of H-pyrrole nitrogens is 2. The molecule has 0 aliphatic carbocycles. The molecule has 0 atom stereocenters. The van der Waals surface area contributed by atoms with Crippen molar-refractivity contribution in [2.24, 2.45) is 0 Å². The van der Waals surface area contributed by atoms with E-state index in [2.05, 4.69) is 20.5 Å². The highest BCUT2D eigenvalue weighted by atomic mass is 19.1. The van der Waals surface area contributed by atoms with Gasteiger partial charge in [-0.15, -0.1) is 0 Å². The summed E-state index contributed by atoms with van der Waals surface area (Å²) in [5.74, 6) is -0.737. The Morgan fingerprint density at radius 1 is 1.30 bits per heavy atom. The number of benzene rings is 1. The van der Waals surface area contributed by atoms with E-state index >= 15 is 0 Å². The first-order chi connectivity index (χ1) is 13.0. The van der Waals surface area contributed by atoms with Gasteiger partial charge in [-0.1, -0.05) is 12.1 Å². The molecule has 0 fully saturated rings. The molecule has 0 bridgehead atoms. The van der Waals surface area contributed by atoms with Crippen LogP contribution in [0.15, 0.2) is 41.3 Å². The van der Waals surface area contributed by atoms with Crippen molar-refractivity contribution in [3.63, 3.8) is 0 Å². The summed E-state index contributed by atoms with van der Waals surface area (Å²) in [6.45, 7) is 3.66. The van der Waals surface area contributed by atoms with Crippen molar-refractivity contribution < 1.29 is 13.9 Å². The number of nitrogens with one attached hydrogen (secondary N) is 3. The van der Waals surface area contributed by atoms with Crippen LogP contribution in [0.2, 0.25) is 0 Å². The number of para-hydroxylation sites is 1. The number of rotatable bonds is 6. The van der Waals surface area contributed by atoms with Gasteiger partial charge < -0.3 is 15.0 Å². The molecule has 0 saturated carbocycles. The Morgan fingerprint density at radius 2 is 2.07 bits per heavy atom. The van der Waals surface area contributed by atoms with Crippen molar-refractivity contribution >= 4 is 5.91 Å². The lowest BCUT2D eigenvalue weighted by Gasteiger charge is -2.07. The summed E-state index contributed by atoms with van der Waals surface area (Å²) < 4.78 is 18.9. The van der Waals surface area contributed by atoms with Crippen molar-refractivity contribution in [2.45, 2.75) is 27.0 Å². The molecule has 2 aromatic heterocycles. The van der Waals surface area contributed by atoms with Gasteiger partial charge in [0.05, 0.1) is 12.2 Å². The number of aromatic nitrogens is 3. The number of hydrogen-bond acceptors (Lipinski definition) is 4. The fraction of sp³-hybridized carbons (Fsp3) is 0.211. The van der Waals surface area contributed by atoms with Crippen molar-refractivity contribution in [1.82, 2.24) is 20.5 Å². The number of carbonyl (C=O) groups excluding carboxylic acids is 1. The van der Waals surface area contributed by atoms with Gasteiger partial charge in [0, 0.05) is 23.0 Å². The van der Waals surface area contributed by atoms with Crippen molar-refractivity contribution in [1.29, 1.82) is 0 Å². The summed E-state index contributed by atoms with van der Waals surface area (Å²) in [6, 6.07) is 7.59. The second kappa shape index (κ2) is 7.86. The number of nitrogens with zero attached hydrogens (tertiary/aromatic N) is 1. The van der Waals surface area contributed by atoms with Crippen LogP contribution in [0.3, 0.4) is 0 Å². The molecule has 0 saturated heterocycles. The first-order valence-corrected chi connectivity index (χ1v) is 8.33. The average molecular weight is 370 g/mol. The number of aromatic amines is 2. The van der Waals surface area contributed by atoms with Crippen LogP contribution in [0, 0.1) is 19.7 Å². The van der Waals surface area contributed by atoms with Gasteiger partial charge in [0.1, 0.15) is 12.3 Å². The molecule has 0 spiro atoms. The fourth-order valence-corrected chi connectivity index (χ4v) is 2.51. The average Bonchev–Trinajstić information content (AvgIpc) is 3.14. The summed E-state index contributed by atoms with van der Waals surface area (Å²) in [4.78, 5) is 27.2. The molecule has 3 rings (SSSR count). The number of amides is 1. The maximum atomic E-state index is 13.5. The molecule has 0 aliphatic rings. The van der Waals surface area contributed by atoms with Gasteiger partial charge in [-0.3, -0.25) is 14.7 Å². The van der Waals surface area contributed by atoms with E-state index in [1.165, 1.54) is 18.2 Å². The zero-order valence-corrected chi connectivity index (χ0v) is 14.9. The lowest BCUT2D eigenvalue weighted by Crippen LogP contribution is -2.26. The van der Waals surface area contributed by atoms with Gasteiger partial charge >= 0.3 is 0 Å². The molecule has 3 N–H and O–H groups in total. The predicted molar refractivity (Wildman–Crippen MR) is 97.0 cm³/mol.